The summed E-state index contributed by atoms with van der Waals surface area (Å²) in [7, 11) is 0. The van der Waals surface area contributed by atoms with Gasteiger partial charge in [-0.2, -0.15) is 0 Å². The first-order chi connectivity index (χ1) is 19.4. The summed E-state index contributed by atoms with van der Waals surface area (Å²) in [5.74, 6) is 1.50. The van der Waals surface area contributed by atoms with Gasteiger partial charge in [0.25, 0.3) is 0 Å². The number of imidazole rings is 1. The third-order valence-corrected chi connectivity index (χ3v) is 10.9. The molecule has 3 heterocycles. The first-order valence-electron chi connectivity index (χ1n) is 15.2. The molecular formula is C33H41N5O2. The fraction of sp³-hybridized carbons (Fsp3) is 0.545. The van der Waals surface area contributed by atoms with Crippen LogP contribution >= 0.6 is 0 Å². The maximum atomic E-state index is 13.0. The minimum absolute atomic E-state index is 0.0201. The summed E-state index contributed by atoms with van der Waals surface area (Å²) in [6, 6.07) is 19.8. The zero-order chi connectivity index (χ0) is 27.5. The molecule has 3 saturated carbocycles. The molecule has 7 heteroatoms. The molecule has 2 aromatic carbocycles. The van der Waals surface area contributed by atoms with E-state index >= 15 is 0 Å². The molecule has 2 aliphatic heterocycles. The molecule has 0 radical (unpaired) electrons. The van der Waals surface area contributed by atoms with Crippen molar-refractivity contribution < 1.29 is 9.59 Å². The largest absolute Gasteiger partial charge is 0.369 e. The second kappa shape index (κ2) is 9.44. The van der Waals surface area contributed by atoms with Gasteiger partial charge in [-0.15, -0.1) is 0 Å². The van der Waals surface area contributed by atoms with Crippen LogP contribution in [0.15, 0.2) is 54.6 Å². The number of H-pyrrole nitrogens is 1. The minimum Gasteiger partial charge on any atom is -0.369 e. The van der Waals surface area contributed by atoms with E-state index in [1.54, 1.807) is 0 Å². The predicted octanol–water partition coefficient (Wildman–Crippen LogP) is 4.70. The molecule has 7 nitrogen and oxygen atoms in total. The van der Waals surface area contributed by atoms with Crippen LogP contribution in [-0.4, -0.2) is 62.8 Å². The Bertz CT molecular complexity index is 1390. The maximum absolute atomic E-state index is 13.0. The van der Waals surface area contributed by atoms with Crippen LogP contribution in [-0.2, 0) is 15.0 Å². The number of rotatable bonds is 6. The van der Waals surface area contributed by atoms with E-state index in [2.05, 4.69) is 45.2 Å². The normalized spacial score (nSPS) is 30.3. The van der Waals surface area contributed by atoms with E-state index in [1.165, 1.54) is 44.2 Å². The molecule has 5 fully saturated rings. The van der Waals surface area contributed by atoms with Crippen LogP contribution in [0.1, 0.15) is 69.2 Å². The standard InChI is InChI=1S/C25H33N3O2.C8H8N2/c26-21(29)24(9-10-24)22(30)27-14-11-23(12-15-27,18-5-2-1-3-6-18)13-16-28-20-8-4-7-19-17-25(19,20)28;1-6-9-7-4-2-3-5-8(7)10-6/h1-3,5-6,19-20H,4,7-17H2,(H2,26,29);2-5H,1H3,(H,9,10). The van der Waals surface area contributed by atoms with Gasteiger partial charge < -0.3 is 15.6 Å². The van der Waals surface area contributed by atoms with Crippen molar-refractivity contribution >= 4 is 22.8 Å². The average molecular weight is 540 g/mol. The zero-order valence-corrected chi connectivity index (χ0v) is 23.6. The van der Waals surface area contributed by atoms with Gasteiger partial charge in [0.15, 0.2) is 0 Å². The fourth-order valence-corrected chi connectivity index (χ4v) is 8.27. The number of carbonyl (C=O) groups is 2. The number of aryl methyl sites for hydroxylation is 1. The fourth-order valence-electron chi connectivity index (χ4n) is 8.27. The van der Waals surface area contributed by atoms with Crippen LogP contribution in [0.2, 0.25) is 0 Å². The van der Waals surface area contributed by atoms with Crippen molar-refractivity contribution in [3.63, 3.8) is 0 Å². The molecule has 3 N–H and O–H groups in total. The summed E-state index contributed by atoms with van der Waals surface area (Å²) in [6.45, 7) is 4.62. The Morgan fingerprint density at radius 3 is 2.40 bits per heavy atom. The highest BCUT2D eigenvalue weighted by atomic mass is 16.2. The number of likely N-dealkylation sites (tertiary alicyclic amines) is 2. The number of nitrogens with zero attached hydrogens (tertiary/aromatic N) is 3. The topological polar surface area (TPSA) is 95.1 Å². The number of benzene rings is 2. The van der Waals surface area contributed by atoms with Gasteiger partial charge in [0.05, 0.1) is 11.0 Å². The van der Waals surface area contributed by atoms with E-state index in [0.717, 1.165) is 54.7 Å². The van der Waals surface area contributed by atoms with Crippen molar-refractivity contribution in [2.45, 2.75) is 81.7 Å². The Labute approximate surface area is 236 Å². The lowest BCUT2D eigenvalue weighted by molar-refractivity contribution is -0.144. The number of aromatic nitrogens is 2. The Morgan fingerprint density at radius 1 is 1.00 bits per heavy atom. The van der Waals surface area contributed by atoms with Crippen molar-refractivity contribution in [2.75, 3.05) is 19.6 Å². The van der Waals surface area contributed by atoms with E-state index in [1.807, 2.05) is 36.1 Å². The van der Waals surface area contributed by atoms with E-state index < -0.39 is 11.3 Å². The molecule has 2 amide bonds. The molecule has 8 rings (SSSR count). The highest BCUT2D eigenvalue weighted by Gasteiger charge is 2.76. The number of piperidine rings is 1. The number of fused-ring (bicyclic) bond motifs is 1. The number of aromatic amines is 1. The third kappa shape index (κ3) is 4.16. The maximum Gasteiger partial charge on any atom is 0.238 e. The lowest BCUT2D eigenvalue weighted by Crippen LogP contribution is -2.50. The van der Waals surface area contributed by atoms with E-state index in [4.69, 9.17) is 5.73 Å². The van der Waals surface area contributed by atoms with Crippen LogP contribution in [0.3, 0.4) is 0 Å². The summed E-state index contributed by atoms with van der Waals surface area (Å²) in [5.41, 5.74) is 8.98. The van der Waals surface area contributed by atoms with Gasteiger partial charge in [-0.05, 0) is 93.9 Å². The lowest BCUT2D eigenvalue weighted by Gasteiger charge is -2.43. The van der Waals surface area contributed by atoms with Crippen molar-refractivity contribution in [1.29, 1.82) is 0 Å². The van der Waals surface area contributed by atoms with Gasteiger partial charge in [-0.1, -0.05) is 48.9 Å². The van der Waals surface area contributed by atoms with E-state index in [-0.39, 0.29) is 11.3 Å². The van der Waals surface area contributed by atoms with Gasteiger partial charge in [0.2, 0.25) is 11.8 Å². The number of nitrogens with two attached hydrogens (primary N) is 1. The summed E-state index contributed by atoms with van der Waals surface area (Å²) in [6.07, 6.45) is 10.1. The summed E-state index contributed by atoms with van der Waals surface area (Å²) in [4.78, 5) is 37.0. The monoisotopic (exact) mass is 539 g/mol. The Morgan fingerprint density at radius 2 is 1.73 bits per heavy atom. The molecule has 1 aromatic heterocycles. The number of carbonyl (C=O) groups excluding carboxylic acids is 2. The van der Waals surface area contributed by atoms with Gasteiger partial charge in [-0.3, -0.25) is 14.5 Å². The molecule has 0 bridgehead atoms. The molecule has 4 unspecified atom stereocenters. The van der Waals surface area contributed by atoms with Crippen molar-refractivity contribution in [3.05, 3.63) is 66.0 Å². The molecule has 2 saturated heterocycles. The predicted molar refractivity (Wildman–Crippen MR) is 155 cm³/mol. The van der Waals surface area contributed by atoms with Crippen molar-refractivity contribution in [1.82, 2.24) is 19.8 Å². The van der Waals surface area contributed by atoms with Crippen molar-refractivity contribution in [2.24, 2.45) is 17.1 Å². The zero-order valence-electron chi connectivity index (χ0n) is 23.6. The quantitative estimate of drug-likeness (QED) is 0.351. The first kappa shape index (κ1) is 25.8. The van der Waals surface area contributed by atoms with Crippen LogP contribution in [0.25, 0.3) is 11.0 Å². The second-order valence-electron chi connectivity index (χ2n) is 13.0. The number of amides is 2. The number of hydrogen-bond donors (Lipinski definition) is 2. The Kier molecular flexibility index (Phi) is 6.08. The van der Waals surface area contributed by atoms with E-state index in [9.17, 15) is 9.59 Å². The molecule has 3 aliphatic carbocycles. The summed E-state index contributed by atoms with van der Waals surface area (Å²) < 4.78 is 0. The molecule has 210 valence electrons. The number of hydrogen-bond acceptors (Lipinski definition) is 4. The lowest BCUT2D eigenvalue weighted by atomic mass is 9.70. The van der Waals surface area contributed by atoms with Gasteiger partial charge in [0, 0.05) is 24.7 Å². The summed E-state index contributed by atoms with van der Waals surface area (Å²) >= 11 is 0. The number of para-hydroxylation sites is 2. The minimum atomic E-state index is -0.887. The SMILES string of the molecule is Cc1nc2ccccc2[nH]1.NC(=O)C1(C(=O)N2CCC(CCN3C4CCCC5CC543)(c3ccccc3)CC2)CC1. The Hall–Kier alpha value is -3.19. The van der Waals surface area contributed by atoms with E-state index in [0.29, 0.717) is 18.4 Å². The second-order valence-corrected chi connectivity index (χ2v) is 13.0. The van der Waals surface area contributed by atoms with Crippen LogP contribution < -0.4 is 5.73 Å². The van der Waals surface area contributed by atoms with Crippen LogP contribution in [0.4, 0.5) is 0 Å². The number of nitrogens with one attached hydrogen (secondary N) is 1. The highest BCUT2D eigenvalue weighted by Crippen LogP contribution is 2.70. The molecule has 1 spiro atoms. The van der Waals surface area contributed by atoms with Crippen LogP contribution in [0, 0.1) is 18.3 Å². The molecule has 3 aromatic rings. The average Bonchev–Trinajstić information content (AvgIpc) is 3.91. The summed E-state index contributed by atoms with van der Waals surface area (Å²) in [5, 5.41) is 0. The van der Waals surface area contributed by atoms with Gasteiger partial charge in [0.1, 0.15) is 11.2 Å². The highest BCUT2D eigenvalue weighted by molar-refractivity contribution is 6.07. The molecular weight excluding hydrogens is 498 g/mol. The van der Waals surface area contributed by atoms with Crippen molar-refractivity contribution in [3.8, 4) is 0 Å². The third-order valence-electron chi connectivity index (χ3n) is 10.9. The van der Waals surface area contributed by atoms with Gasteiger partial charge >= 0.3 is 0 Å². The molecule has 4 atom stereocenters. The smallest absolute Gasteiger partial charge is 0.238 e. The van der Waals surface area contributed by atoms with Gasteiger partial charge in [-0.25, -0.2) is 4.98 Å². The number of primary amides is 1. The molecule has 5 aliphatic rings. The molecule has 40 heavy (non-hydrogen) atoms. The first-order valence-corrected chi connectivity index (χ1v) is 15.2. The van der Waals surface area contributed by atoms with Crippen LogP contribution in [0.5, 0.6) is 0 Å². The Balaban J connectivity index is 0.000000222.